The molecule has 1 N–H and O–H groups in total. The van der Waals surface area contributed by atoms with Crippen molar-refractivity contribution in [2.45, 2.75) is 32.6 Å². The van der Waals surface area contributed by atoms with Gasteiger partial charge in [-0.05, 0) is 18.6 Å². The number of likely N-dealkylation sites (tertiary alicyclic amines) is 1. The minimum absolute atomic E-state index is 0.0583. The van der Waals surface area contributed by atoms with Crippen molar-refractivity contribution >= 4 is 23.2 Å². The predicted molar refractivity (Wildman–Crippen MR) is 102 cm³/mol. The zero-order valence-electron chi connectivity index (χ0n) is 15.6. The number of carbonyl (C=O) groups excluding carboxylic acids is 2. The number of nitrogens with one attached hydrogen (secondary N) is 1. The lowest BCUT2D eigenvalue weighted by Crippen LogP contribution is -2.37. The summed E-state index contributed by atoms with van der Waals surface area (Å²) in [5.41, 5.74) is 1.84. The summed E-state index contributed by atoms with van der Waals surface area (Å²) >= 11 is 0. The van der Waals surface area contributed by atoms with Gasteiger partial charge in [0.05, 0.1) is 30.5 Å². The van der Waals surface area contributed by atoms with Gasteiger partial charge in [0.15, 0.2) is 0 Å². The molecule has 2 saturated heterocycles. The maximum absolute atomic E-state index is 12.7. The summed E-state index contributed by atoms with van der Waals surface area (Å²) in [6.45, 7) is 6.49. The summed E-state index contributed by atoms with van der Waals surface area (Å²) in [6, 6.07) is 7.86. The SMILES string of the molecule is CCCCCN1CC(C(=O)Nc2ccccc2N2CCOCC2)CC1=O. The highest BCUT2D eigenvalue weighted by Gasteiger charge is 2.34. The summed E-state index contributed by atoms with van der Waals surface area (Å²) < 4.78 is 5.42. The van der Waals surface area contributed by atoms with Gasteiger partial charge in [-0.1, -0.05) is 31.9 Å². The second-order valence-electron chi connectivity index (χ2n) is 7.05. The molecule has 2 amide bonds. The molecule has 2 aliphatic heterocycles. The molecule has 0 spiro atoms. The molecular formula is C20H29N3O3. The molecule has 0 aliphatic carbocycles. The van der Waals surface area contributed by atoms with Crippen molar-refractivity contribution in [1.29, 1.82) is 0 Å². The van der Waals surface area contributed by atoms with Crippen LogP contribution in [0.5, 0.6) is 0 Å². The quantitative estimate of drug-likeness (QED) is 0.760. The van der Waals surface area contributed by atoms with Gasteiger partial charge in [0, 0.05) is 32.6 Å². The molecule has 2 fully saturated rings. The first kappa shape index (κ1) is 18.7. The topological polar surface area (TPSA) is 61.9 Å². The Morgan fingerprint density at radius 3 is 2.77 bits per heavy atom. The molecule has 2 heterocycles. The molecule has 0 radical (unpaired) electrons. The van der Waals surface area contributed by atoms with Crippen molar-refractivity contribution in [3.05, 3.63) is 24.3 Å². The number of rotatable bonds is 7. The molecule has 1 aromatic rings. The van der Waals surface area contributed by atoms with E-state index in [1.165, 1.54) is 0 Å². The Kier molecular flexibility index (Phi) is 6.50. The average Bonchev–Trinajstić information content (AvgIpc) is 3.04. The van der Waals surface area contributed by atoms with Gasteiger partial charge in [-0.3, -0.25) is 9.59 Å². The molecule has 0 bridgehead atoms. The number of nitrogens with zero attached hydrogens (tertiary/aromatic N) is 2. The van der Waals surface area contributed by atoms with Gasteiger partial charge < -0.3 is 19.9 Å². The van der Waals surface area contributed by atoms with Gasteiger partial charge in [-0.15, -0.1) is 0 Å². The summed E-state index contributed by atoms with van der Waals surface area (Å²) in [5.74, 6) is -0.221. The average molecular weight is 359 g/mol. The summed E-state index contributed by atoms with van der Waals surface area (Å²) in [4.78, 5) is 29.0. The summed E-state index contributed by atoms with van der Waals surface area (Å²) in [7, 11) is 0. The first-order chi connectivity index (χ1) is 12.7. The Morgan fingerprint density at radius 2 is 2.00 bits per heavy atom. The Balaban J connectivity index is 1.61. The Labute approximate surface area is 155 Å². The molecule has 6 heteroatoms. The van der Waals surface area contributed by atoms with Crippen molar-refractivity contribution in [2.24, 2.45) is 5.92 Å². The van der Waals surface area contributed by atoms with E-state index in [1.807, 2.05) is 29.2 Å². The van der Waals surface area contributed by atoms with Crippen LogP contribution in [0.25, 0.3) is 0 Å². The van der Waals surface area contributed by atoms with Crippen molar-refractivity contribution < 1.29 is 14.3 Å². The van der Waals surface area contributed by atoms with E-state index >= 15 is 0 Å². The van der Waals surface area contributed by atoms with Gasteiger partial charge in [0.2, 0.25) is 11.8 Å². The molecule has 1 atom stereocenters. The Hall–Kier alpha value is -2.08. The number of morpholine rings is 1. The van der Waals surface area contributed by atoms with E-state index in [2.05, 4.69) is 17.1 Å². The number of ether oxygens (including phenoxy) is 1. The second-order valence-corrected chi connectivity index (χ2v) is 7.05. The zero-order valence-corrected chi connectivity index (χ0v) is 15.6. The van der Waals surface area contributed by atoms with Crippen molar-refractivity contribution in [2.75, 3.05) is 49.6 Å². The lowest BCUT2D eigenvalue weighted by molar-refractivity contribution is -0.128. The van der Waals surface area contributed by atoms with Crippen LogP contribution in [0.1, 0.15) is 32.6 Å². The largest absolute Gasteiger partial charge is 0.378 e. The predicted octanol–water partition coefficient (Wildman–Crippen LogP) is 2.50. The molecule has 6 nitrogen and oxygen atoms in total. The minimum Gasteiger partial charge on any atom is -0.378 e. The molecule has 1 unspecified atom stereocenters. The molecule has 3 rings (SSSR count). The van der Waals surface area contributed by atoms with E-state index in [1.54, 1.807) is 0 Å². The van der Waals surface area contributed by atoms with Gasteiger partial charge in [0.25, 0.3) is 0 Å². The van der Waals surface area contributed by atoms with Crippen LogP contribution in [0, 0.1) is 5.92 Å². The highest BCUT2D eigenvalue weighted by atomic mass is 16.5. The highest BCUT2D eigenvalue weighted by Crippen LogP contribution is 2.28. The van der Waals surface area contributed by atoms with E-state index in [0.29, 0.717) is 26.2 Å². The molecular weight excluding hydrogens is 330 g/mol. The molecule has 1 aromatic carbocycles. The van der Waals surface area contributed by atoms with Gasteiger partial charge >= 0.3 is 0 Å². The normalized spacial score (nSPS) is 20.5. The van der Waals surface area contributed by atoms with Crippen LogP contribution in [0.3, 0.4) is 0 Å². The molecule has 0 saturated carbocycles. The summed E-state index contributed by atoms with van der Waals surface area (Å²) in [6.07, 6.45) is 3.58. The first-order valence-electron chi connectivity index (χ1n) is 9.69. The van der Waals surface area contributed by atoms with E-state index < -0.39 is 0 Å². The van der Waals surface area contributed by atoms with Crippen molar-refractivity contribution in [3.8, 4) is 0 Å². The minimum atomic E-state index is -0.262. The second kappa shape index (κ2) is 9.03. The van der Waals surface area contributed by atoms with Crippen LogP contribution in [-0.2, 0) is 14.3 Å². The van der Waals surface area contributed by atoms with Crippen molar-refractivity contribution in [3.63, 3.8) is 0 Å². The Morgan fingerprint density at radius 1 is 1.23 bits per heavy atom. The third kappa shape index (κ3) is 4.55. The van der Waals surface area contributed by atoms with Crippen LogP contribution in [0.15, 0.2) is 24.3 Å². The van der Waals surface area contributed by atoms with E-state index in [9.17, 15) is 9.59 Å². The number of carbonyl (C=O) groups is 2. The molecule has 142 valence electrons. The number of benzene rings is 1. The fourth-order valence-electron chi connectivity index (χ4n) is 3.61. The number of unbranched alkanes of at least 4 members (excludes halogenated alkanes) is 2. The number of anilines is 2. The van der Waals surface area contributed by atoms with Crippen LogP contribution in [0.2, 0.25) is 0 Å². The molecule has 0 aromatic heterocycles. The fourth-order valence-corrected chi connectivity index (χ4v) is 3.61. The smallest absolute Gasteiger partial charge is 0.229 e. The van der Waals surface area contributed by atoms with Gasteiger partial charge in [-0.2, -0.15) is 0 Å². The van der Waals surface area contributed by atoms with Gasteiger partial charge in [0.1, 0.15) is 0 Å². The monoisotopic (exact) mass is 359 g/mol. The van der Waals surface area contributed by atoms with Gasteiger partial charge in [-0.25, -0.2) is 0 Å². The Bertz CT molecular complexity index is 628. The lowest BCUT2D eigenvalue weighted by Gasteiger charge is -2.30. The maximum atomic E-state index is 12.7. The van der Waals surface area contributed by atoms with Crippen LogP contribution < -0.4 is 10.2 Å². The number of hydrogen-bond donors (Lipinski definition) is 1. The number of hydrogen-bond acceptors (Lipinski definition) is 4. The van der Waals surface area contributed by atoms with E-state index in [4.69, 9.17) is 4.74 Å². The zero-order chi connectivity index (χ0) is 18.4. The summed E-state index contributed by atoms with van der Waals surface area (Å²) in [5, 5.41) is 3.06. The van der Waals surface area contributed by atoms with E-state index in [0.717, 1.165) is 50.3 Å². The number of amides is 2. The standard InChI is InChI=1S/C20H29N3O3/c1-2-3-6-9-23-15-16(14-19(23)24)20(25)21-17-7-4-5-8-18(17)22-10-12-26-13-11-22/h4-5,7-8,16H,2-3,6,9-15H2,1H3,(H,21,25). The third-order valence-electron chi connectivity index (χ3n) is 5.13. The van der Waals surface area contributed by atoms with Crippen molar-refractivity contribution in [1.82, 2.24) is 4.90 Å². The number of para-hydroxylation sites is 2. The first-order valence-corrected chi connectivity index (χ1v) is 9.69. The van der Waals surface area contributed by atoms with Crippen LogP contribution in [0.4, 0.5) is 11.4 Å². The lowest BCUT2D eigenvalue weighted by atomic mass is 10.1. The molecule has 26 heavy (non-hydrogen) atoms. The van der Waals surface area contributed by atoms with Crippen LogP contribution >= 0.6 is 0 Å². The van der Waals surface area contributed by atoms with Crippen LogP contribution in [-0.4, -0.2) is 56.1 Å². The maximum Gasteiger partial charge on any atom is 0.229 e. The highest BCUT2D eigenvalue weighted by molar-refractivity contribution is 5.99. The fraction of sp³-hybridized carbons (Fsp3) is 0.600. The third-order valence-corrected chi connectivity index (χ3v) is 5.13. The molecule has 2 aliphatic rings. The van der Waals surface area contributed by atoms with E-state index in [-0.39, 0.29) is 17.7 Å².